The lowest BCUT2D eigenvalue weighted by molar-refractivity contribution is 0.157. The number of rotatable bonds is 4. The van der Waals surface area contributed by atoms with Crippen LogP contribution in [0.1, 0.15) is 25.2 Å². The van der Waals surface area contributed by atoms with Gasteiger partial charge in [-0.05, 0) is 27.7 Å². The maximum atomic E-state index is 5.09. The molecule has 0 amide bonds. The third-order valence-corrected chi connectivity index (χ3v) is 2.05. The van der Waals surface area contributed by atoms with Gasteiger partial charge in [0, 0.05) is 7.11 Å². The summed E-state index contributed by atoms with van der Waals surface area (Å²) in [6, 6.07) is 0. The predicted molar refractivity (Wildman–Crippen MR) is 58.9 cm³/mol. The molecule has 0 saturated heterocycles. The van der Waals surface area contributed by atoms with E-state index in [0.717, 1.165) is 11.4 Å². The summed E-state index contributed by atoms with van der Waals surface area (Å²) in [5, 5.41) is 11.2. The summed E-state index contributed by atoms with van der Waals surface area (Å²) in [4.78, 5) is 4.30. The minimum absolute atomic E-state index is 0.196. The quantitative estimate of drug-likeness (QED) is 0.812. The monoisotopic (exact) mass is 210 g/mol. The Morgan fingerprint density at radius 1 is 1.20 bits per heavy atom. The van der Waals surface area contributed by atoms with Crippen LogP contribution in [0.5, 0.6) is 0 Å². The van der Waals surface area contributed by atoms with E-state index in [-0.39, 0.29) is 5.54 Å². The third kappa shape index (κ3) is 3.43. The molecule has 1 aromatic heterocycles. The molecule has 0 bridgehead atoms. The molecule has 5 heteroatoms. The lowest BCUT2D eigenvalue weighted by Crippen LogP contribution is -2.36. The van der Waals surface area contributed by atoms with Gasteiger partial charge in [0.15, 0.2) is 0 Å². The van der Waals surface area contributed by atoms with Gasteiger partial charge in [-0.2, -0.15) is 5.10 Å². The van der Waals surface area contributed by atoms with Crippen LogP contribution in [0, 0.1) is 13.8 Å². The normalized spacial score (nSPS) is 11.5. The van der Waals surface area contributed by atoms with Crippen LogP contribution < -0.4 is 5.32 Å². The van der Waals surface area contributed by atoms with Gasteiger partial charge in [-0.1, -0.05) is 0 Å². The molecule has 0 aromatic carbocycles. The van der Waals surface area contributed by atoms with Crippen LogP contribution in [-0.4, -0.2) is 34.4 Å². The summed E-state index contributed by atoms with van der Waals surface area (Å²) in [5.74, 6) is 0.542. The Kier molecular flexibility index (Phi) is 3.57. The van der Waals surface area contributed by atoms with Crippen LogP contribution in [0.25, 0.3) is 0 Å². The molecule has 0 spiro atoms. The van der Waals surface area contributed by atoms with Crippen LogP contribution >= 0.6 is 0 Å². The van der Waals surface area contributed by atoms with Crippen molar-refractivity contribution in [3.8, 4) is 0 Å². The van der Waals surface area contributed by atoms with Gasteiger partial charge in [0.2, 0.25) is 5.95 Å². The molecule has 0 atom stereocenters. The minimum atomic E-state index is -0.196. The fourth-order valence-electron chi connectivity index (χ4n) is 1.21. The molecule has 1 N–H and O–H groups in total. The van der Waals surface area contributed by atoms with E-state index in [2.05, 4.69) is 20.5 Å². The van der Waals surface area contributed by atoms with Crippen molar-refractivity contribution in [1.82, 2.24) is 15.2 Å². The predicted octanol–water partition coefficient (Wildman–Crippen LogP) is 1.33. The molecular formula is C10H18N4O. The van der Waals surface area contributed by atoms with Gasteiger partial charge in [-0.25, -0.2) is 4.98 Å². The first-order valence-electron chi connectivity index (χ1n) is 4.89. The second kappa shape index (κ2) is 4.53. The first-order valence-corrected chi connectivity index (χ1v) is 4.89. The Labute approximate surface area is 90.3 Å². The SMILES string of the molecule is COCC(C)(C)Nc1nnc(C)c(C)n1. The summed E-state index contributed by atoms with van der Waals surface area (Å²) in [5.41, 5.74) is 1.55. The molecule has 0 saturated carbocycles. The number of ether oxygens (including phenoxy) is 1. The Balaban J connectivity index is 2.76. The highest BCUT2D eigenvalue weighted by molar-refractivity contribution is 5.28. The Hall–Kier alpha value is -1.23. The van der Waals surface area contributed by atoms with Gasteiger partial charge >= 0.3 is 0 Å². The highest BCUT2D eigenvalue weighted by Gasteiger charge is 2.18. The van der Waals surface area contributed by atoms with Crippen LogP contribution in [0.3, 0.4) is 0 Å². The van der Waals surface area contributed by atoms with Crippen LogP contribution in [-0.2, 0) is 4.74 Å². The number of nitrogens with one attached hydrogen (secondary N) is 1. The van der Waals surface area contributed by atoms with E-state index in [1.807, 2.05) is 27.7 Å². The maximum Gasteiger partial charge on any atom is 0.243 e. The van der Waals surface area contributed by atoms with Gasteiger partial charge in [0.1, 0.15) is 0 Å². The van der Waals surface area contributed by atoms with Crippen molar-refractivity contribution in [2.75, 3.05) is 19.0 Å². The molecule has 84 valence electrons. The minimum Gasteiger partial charge on any atom is -0.382 e. The molecular weight excluding hydrogens is 192 g/mol. The van der Waals surface area contributed by atoms with Gasteiger partial charge in [-0.15, -0.1) is 5.10 Å². The molecule has 0 radical (unpaired) electrons. The second-order valence-corrected chi connectivity index (χ2v) is 4.25. The van der Waals surface area contributed by atoms with Crippen molar-refractivity contribution < 1.29 is 4.74 Å². The van der Waals surface area contributed by atoms with Crippen molar-refractivity contribution >= 4 is 5.95 Å². The molecule has 0 aliphatic carbocycles. The van der Waals surface area contributed by atoms with Crippen LogP contribution in [0.15, 0.2) is 0 Å². The van der Waals surface area contributed by atoms with Crippen molar-refractivity contribution in [3.63, 3.8) is 0 Å². The molecule has 1 heterocycles. The van der Waals surface area contributed by atoms with Gasteiger partial charge in [0.25, 0.3) is 0 Å². The number of hydrogen-bond donors (Lipinski definition) is 1. The molecule has 1 aromatic rings. The van der Waals surface area contributed by atoms with E-state index >= 15 is 0 Å². The van der Waals surface area contributed by atoms with E-state index in [1.54, 1.807) is 7.11 Å². The summed E-state index contributed by atoms with van der Waals surface area (Å²) in [6.07, 6.45) is 0. The summed E-state index contributed by atoms with van der Waals surface area (Å²) >= 11 is 0. The van der Waals surface area contributed by atoms with E-state index in [1.165, 1.54) is 0 Å². The summed E-state index contributed by atoms with van der Waals surface area (Å²) in [6.45, 7) is 8.44. The summed E-state index contributed by atoms with van der Waals surface area (Å²) in [7, 11) is 1.67. The third-order valence-electron chi connectivity index (χ3n) is 2.05. The summed E-state index contributed by atoms with van der Waals surface area (Å²) < 4.78 is 5.09. The first kappa shape index (κ1) is 11.8. The Morgan fingerprint density at radius 3 is 2.40 bits per heavy atom. The number of nitrogens with zero attached hydrogens (tertiary/aromatic N) is 3. The van der Waals surface area contributed by atoms with Gasteiger partial charge < -0.3 is 10.1 Å². The van der Waals surface area contributed by atoms with Crippen molar-refractivity contribution in [1.29, 1.82) is 0 Å². The number of methoxy groups -OCH3 is 1. The number of hydrogen-bond acceptors (Lipinski definition) is 5. The fourth-order valence-corrected chi connectivity index (χ4v) is 1.21. The zero-order valence-electron chi connectivity index (χ0n) is 9.96. The highest BCUT2D eigenvalue weighted by Crippen LogP contribution is 2.11. The number of aromatic nitrogens is 3. The lowest BCUT2D eigenvalue weighted by atomic mass is 10.1. The standard InChI is InChI=1S/C10H18N4O/c1-7-8(2)13-14-9(11-7)12-10(3,4)6-15-5/h6H2,1-5H3,(H,11,12,14). The maximum absolute atomic E-state index is 5.09. The smallest absolute Gasteiger partial charge is 0.243 e. The van der Waals surface area contributed by atoms with E-state index < -0.39 is 0 Å². The molecule has 1 rings (SSSR count). The zero-order chi connectivity index (χ0) is 11.5. The Bertz CT molecular complexity index is 338. The molecule has 15 heavy (non-hydrogen) atoms. The van der Waals surface area contributed by atoms with E-state index in [4.69, 9.17) is 4.74 Å². The molecule has 0 aliphatic heterocycles. The highest BCUT2D eigenvalue weighted by atomic mass is 16.5. The van der Waals surface area contributed by atoms with Crippen molar-refractivity contribution in [2.45, 2.75) is 33.2 Å². The van der Waals surface area contributed by atoms with Gasteiger partial charge in [-0.3, -0.25) is 0 Å². The number of aryl methyl sites for hydroxylation is 2. The average Bonchev–Trinajstić information content (AvgIpc) is 2.10. The number of anilines is 1. The molecule has 0 unspecified atom stereocenters. The van der Waals surface area contributed by atoms with Crippen LogP contribution in [0.4, 0.5) is 5.95 Å². The fraction of sp³-hybridized carbons (Fsp3) is 0.700. The zero-order valence-corrected chi connectivity index (χ0v) is 9.96. The second-order valence-electron chi connectivity index (χ2n) is 4.25. The van der Waals surface area contributed by atoms with Crippen molar-refractivity contribution in [2.24, 2.45) is 0 Å². The molecule has 0 fully saturated rings. The van der Waals surface area contributed by atoms with Gasteiger partial charge in [0.05, 0.1) is 23.5 Å². The largest absolute Gasteiger partial charge is 0.382 e. The molecule has 0 aliphatic rings. The lowest BCUT2D eigenvalue weighted by Gasteiger charge is -2.24. The van der Waals surface area contributed by atoms with Crippen LogP contribution in [0.2, 0.25) is 0 Å². The Morgan fingerprint density at radius 2 is 1.87 bits per heavy atom. The van der Waals surface area contributed by atoms with Crippen molar-refractivity contribution in [3.05, 3.63) is 11.4 Å². The topological polar surface area (TPSA) is 59.9 Å². The van der Waals surface area contributed by atoms with E-state index in [9.17, 15) is 0 Å². The molecule has 5 nitrogen and oxygen atoms in total. The average molecular weight is 210 g/mol. The first-order chi connectivity index (χ1) is 6.94. The van der Waals surface area contributed by atoms with E-state index in [0.29, 0.717) is 12.6 Å².